The molecule has 0 heterocycles. The van der Waals surface area contributed by atoms with Crippen LogP contribution in [0.4, 0.5) is 0 Å². The highest BCUT2D eigenvalue weighted by Crippen LogP contribution is 2.06. The number of ketones is 1. The third-order valence-corrected chi connectivity index (χ3v) is 3.54. The monoisotopic (exact) mass is 337 g/mol. The van der Waals surface area contributed by atoms with Crippen LogP contribution in [0.2, 0.25) is 0 Å². The average Bonchev–Trinajstić information content (AvgIpc) is 2.64. The van der Waals surface area contributed by atoms with Gasteiger partial charge >= 0.3 is 0 Å². The second-order valence-electron chi connectivity index (χ2n) is 5.51. The summed E-state index contributed by atoms with van der Waals surface area (Å²) in [6.07, 6.45) is -1.10. The van der Waals surface area contributed by atoms with Crippen molar-refractivity contribution in [2.75, 3.05) is 6.61 Å². The molecule has 0 radical (unpaired) electrons. The van der Waals surface area contributed by atoms with Gasteiger partial charge in [-0.05, 0) is 43.3 Å². The fourth-order valence-corrected chi connectivity index (χ4v) is 2.16. The number of rotatable bonds is 5. The molecule has 0 fully saturated rings. The molecular formula is C20H19NO4. The van der Waals surface area contributed by atoms with Gasteiger partial charge in [0.05, 0.1) is 6.10 Å². The summed E-state index contributed by atoms with van der Waals surface area (Å²) in [5, 5.41) is 20.9. The summed E-state index contributed by atoms with van der Waals surface area (Å²) >= 11 is 0. The van der Waals surface area contributed by atoms with Crippen LogP contribution in [0.15, 0.2) is 54.6 Å². The zero-order valence-electron chi connectivity index (χ0n) is 13.8. The summed E-state index contributed by atoms with van der Waals surface area (Å²) in [7, 11) is 0. The van der Waals surface area contributed by atoms with Gasteiger partial charge in [-0.25, -0.2) is 0 Å². The summed E-state index contributed by atoms with van der Waals surface area (Å²) < 4.78 is 0. The molecule has 0 spiro atoms. The van der Waals surface area contributed by atoms with Crippen LogP contribution in [0.5, 0.6) is 0 Å². The van der Waals surface area contributed by atoms with Crippen LogP contribution in [-0.2, 0) is 4.79 Å². The van der Waals surface area contributed by atoms with Crippen LogP contribution in [0.25, 0.3) is 0 Å². The van der Waals surface area contributed by atoms with Crippen LogP contribution in [0.1, 0.15) is 28.4 Å². The number of hydrogen-bond donors (Lipinski definition) is 3. The third kappa shape index (κ3) is 5.28. The van der Waals surface area contributed by atoms with Crippen LogP contribution in [0.3, 0.4) is 0 Å². The smallest absolute Gasteiger partial charge is 0.251 e. The third-order valence-electron chi connectivity index (χ3n) is 3.54. The number of benzene rings is 2. The van der Waals surface area contributed by atoms with Crippen molar-refractivity contribution < 1.29 is 19.8 Å². The normalized spacial score (nSPS) is 12.4. The number of carbonyl (C=O) groups excluding carboxylic acids is 2. The maximum absolute atomic E-state index is 12.2. The fraction of sp³-hybridized carbons (Fsp3) is 0.200. The quantitative estimate of drug-likeness (QED) is 0.714. The molecule has 3 N–H and O–H groups in total. The number of aliphatic hydroxyl groups excluding tert-OH is 2. The molecule has 2 atom stereocenters. The molecular weight excluding hydrogens is 318 g/mol. The first kappa shape index (κ1) is 18.4. The van der Waals surface area contributed by atoms with Gasteiger partial charge in [0.15, 0.2) is 5.78 Å². The minimum atomic E-state index is -1.14. The van der Waals surface area contributed by atoms with E-state index in [0.717, 1.165) is 11.1 Å². The number of nitrogens with one attached hydrogen (secondary N) is 1. The molecule has 2 aromatic carbocycles. The Morgan fingerprint density at radius 3 is 2.08 bits per heavy atom. The summed E-state index contributed by atoms with van der Waals surface area (Å²) in [6.45, 7) is 0.630. The highest BCUT2D eigenvalue weighted by atomic mass is 16.3. The molecule has 5 nitrogen and oxygen atoms in total. The second-order valence-corrected chi connectivity index (χ2v) is 5.51. The molecule has 5 heteroatoms. The molecule has 0 bridgehead atoms. The van der Waals surface area contributed by atoms with Crippen LogP contribution in [0, 0.1) is 11.8 Å². The molecule has 0 aliphatic carbocycles. The average molecular weight is 337 g/mol. The van der Waals surface area contributed by atoms with Crippen molar-refractivity contribution in [1.82, 2.24) is 5.32 Å². The Bertz CT molecular complexity index is 786. The molecule has 2 aromatic rings. The van der Waals surface area contributed by atoms with E-state index >= 15 is 0 Å². The van der Waals surface area contributed by atoms with E-state index in [9.17, 15) is 14.7 Å². The summed E-state index contributed by atoms with van der Waals surface area (Å²) in [4.78, 5) is 23.7. The maximum atomic E-state index is 12.2. The summed E-state index contributed by atoms with van der Waals surface area (Å²) in [6, 6.07) is 15.0. The SMILES string of the molecule is C[C@@H](O)[C@H](NC(=O)c1ccc(C#Cc2ccccc2)cc1)C(=O)CO. The number of hydrogen-bond acceptors (Lipinski definition) is 4. The lowest BCUT2D eigenvalue weighted by Gasteiger charge is -2.19. The van der Waals surface area contributed by atoms with Crippen molar-refractivity contribution in [3.63, 3.8) is 0 Å². The molecule has 1 amide bonds. The maximum Gasteiger partial charge on any atom is 0.251 e. The number of aliphatic hydroxyl groups is 2. The van der Waals surface area contributed by atoms with E-state index in [1.807, 2.05) is 30.3 Å². The lowest BCUT2D eigenvalue weighted by molar-refractivity contribution is -0.125. The Labute approximate surface area is 146 Å². The van der Waals surface area contributed by atoms with Crippen molar-refractivity contribution in [2.45, 2.75) is 19.1 Å². The lowest BCUT2D eigenvalue weighted by atomic mass is 10.1. The van der Waals surface area contributed by atoms with Gasteiger partial charge in [0.25, 0.3) is 5.91 Å². The highest BCUT2D eigenvalue weighted by Gasteiger charge is 2.25. The van der Waals surface area contributed by atoms with Gasteiger partial charge in [0, 0.05) is 16.7 Å². The minimum absolute atomic E-state index is 0.335. The lowest BCUT2D eigenvalue weighted by Crippen LogP contribution is -2.48. The van der Waals surface area contributed by atoms with Gasteiger partial charge in [-0.3, -0.25) is 9.59 Å². The van der Waals surface area contributed by atoms with E-state index in [2.05, 4.69) is 17.2 Å². The van der Waals surface area contributed by atoms with Crippen molar-refractivity contribution in [3.8, 4) is 11.8 Å². The van der Waals surface area contributed by atoms with E-state index in [1.54, 1.807) is 24.3 Å². The zero-order valence-corrected chi connectivity index (χ0v) is 13.8. The summed E-state index contributed by atoms with van der Waals surface area (Å²) in [5.41, 5.74) is 1.98. The molecule has 0 aliphatic heterocycles. The van der Waals surface area contributed by atoms with E-state index in [4.69, 9.17) is 5.11 Å². The molecule has 0 saturated heterocycles. The standard InChI is InChI=1S/C20H19NO4/c1-14(23)19(18(24)13-22)21-20(25)17-11-9-16(10-12-17)8-7-15-5-3-2-4-6-15/h2-6,9-12,14,19,22-23H,13H2,1H3,(H,21,25)/t14-,19+/m1/s1. The fourth-order valence-electron chi connectivity index (χ4n) is 2.16. The van der Waals surface area contributed by atoms with Gasteiger partial charge in [-0.15, -0.1) is 0 Å². The number of amides is 1. The van der Waals surface area contributed by atoms with Gasteiger partial charge in [-0.1, -0.05) is 30.0 Å². The number of Topliss-reactive ketones (excluding diaryl/α,β-unsaturated/α-hetero) is 1. The molecule has 0 aromatic heterocycles. The first-order valence-electron chi connectivity index (χ1n) is 7.81. The van der Waals surface area contributed by atoms with E-state index in [-0.39, 0.29) is 0 Å². The van der Waals surface area contributed by atoms with E-state index in [0.29, 0.717) is 5.56 Å². The Morgan fingerprint density at radius 2 is 1.56 bits per heavy atom. The Kier molecular flexibility index (Phi) is 6.47. The van der Waals surface area contributed by atoms with Crippen molar-refractivity contribution in [3.05, 3.63) is 71.3 Å². The predicted octanol–water partition coefficient (Wildman–Crippen LogP) is 1.13. The zero-order chi connectivity index (χ0) is 18.2. The van der Waals surface area contributed by atoms with Crippen molar-refractivity contribution in [1.29, 1.82) is 0 Å². The Morgan fingerprint density at radius 1 is 1.00 bits per heavy atom. The highest BCUT2D eigenvalue weighted by molar-refractivity contribution is 5.98. The van der Waals surface area contributed by atoms with Gasteiger partial charge in [0.2, 0.25) is 0 Å². The van der Waals surface area contributed by atoms with Gasteiger partial charge < -0.3 is 15.5 Å². The van der Waals surface area contributed by atoms with Crippen LogP contribution >= 0.6 is 0 Å². The first-order valence-corrected chi connectivity index (χ1v) is 7.81. The van der Waals surface area contributed by atoms with Crippen LogP contribution < -0.4 is 5.32 Å². The van der Waals surface area contributed by atoms with Gasteiger partial charge in [0.1, 0.15) is 12.6 Å². The Balaban J connectivity index is 2.07. The molecule has 0 saturated carbocycles. The molecule has 25 heavy (non-hydrogen) atoms. The largest absolute Gasteiger partial charge is 0.391 e. The van der Waals surface area contributed by atoms with Crippen molar-refractivity contribution >= 4 is 11.7 Å². The minimum Gasteiger partial charge on any atom is -0.391 e. The Hall–Kier alpha value is -2.94. The number of carbonyl (C=O) groups is 2. The van der Waals surface area contributed by atoms with Crippen molar-refractivity contribution in [2.24, 2.45) is 0 Å². The summed E-state index contributed by atoms with van der Waals surface area (Å²) in [5.74, 6) is 4.88. The van der Waals surface area contributed by atoms with E-state index in [1.165, 1.54) is 6.92 Å². The van der Waals surface area contributed by atoms with Gasteiger partial charge in [-0.2, -0.15) is 0 Å². The molecule has 0 aliphatic rings. The molecule has 128 valence electrons. The second kappa shape index (κ2) is 8.78. The molecule has 0 unspecified atom stereocenters. The van der Waals surface area contributed by atoms with Crippen LogP contribution in [-0.4, -0.2) is 40.7 Å². The van der Waals surface area contributed by atoms with E-state index < -0.39 is 30.4 Å². The first-order chi connectivity index (χ1) is 12.0. The molecule has 2 rings (SSSR count). The predicted molar refractivity (Wildman–Crippen MR) is 93.9 cm³/mol. The topological polar surface area (TPSA) is 86.6 Å².